The van der Waals surface area contributed by atoms with E-state index in [-0.39, 0.29) is 0 Å². The summed E-state index contributed by atoms with van der Waals surface area (Å²) in [6.45, 7) is 15.6. The predicted molar refractivity (Wildman–Crippen MR) is 135 cm³/mol. The molecule has 2 N–H and O–H groups in total. The van der Waals surface area contributed by atoms with E-state index in [1.54, 1.807) is 0 Å². The number of benzene rings is 3. The van der Waals surface area contributed by atoms with Crippen LogP contribution in [0.15, 0.2) is 35.2 Å². The van der Waals surface area contributed by atoms with Crippen molar-refractivity contribution >= 4 is 21.5 Å². The fraction of sp³-hybridized carbons (Fsp3) is 0.333. The average molecular weight is 544 g/mol. The minimum absolute atomic E-state index is 0.507. The summed E-state index contributed by atoms with van der Waals surface area (Å²) < 4.78 is 91.3. The molecule has 4 nitrogen and oxygen atoms in total. The van der Waals surface area contributed by atoms with Crippen molar-refractivity contribution in [3.63, 3.8) is 0 Å². The normalized spacial score (nSPS) is 11.5. The Kier molecular flexibility index (Phi) is 9.48. The van der Waals surface area contributed by atoms with E-state index in [9.17, 15) is 30.4 Å². The number of rotatable bonds is 5. The van der Waals surface area contributed by atoms with E-state index in [4.69, 9.17) is 4.55 Å². The molecule has 0 fully saturated rings. The minimum atomic E-state index is -5.52. The van der Waals surface area contributed by atoms with Crippen LogP contribution in [0.5, 0.6) is 0 Å². The molecule has 3 rings (SSSR count). The first-order chi connectivity index (χ1) is 17.0. The van der Waals surface area contributed by atoms with Gasteiger partial charge in [-0.15, -0.1) is 0 Å². The third-order valence-corrected chi connectivity index (χ3v) is 6.58. The molecular formula is C27H30F5NO3S. The quantitative estimate of drug-likeness (QED) is 0.147. The summed E-state index contributed by atoms with van der Waals surface area (Å²) >= 11 is 0. The molecule has 3 aromatic carbocycles. The summed E-state index contributed by atoms with van der Waals surface area (Å²) in [6.07, 6.45) is 0. The molecular weight excluding hydrogens is 513 g/mol. The molecule has 0 saturated heterocycles. The first-order valence-electron chi connectivity index (χ1n) is 11.5. The molecule has 202 valence electrons. The lowest BCUT2D eigenvalue weighted by atomic mass is 9.89. The van der Waals surface area contributed by atoms with Crippen molar-refractivity contribution in [3.05, 3.63) is 87.2 Å². The van der Waals surface area contributed by atoms with Crippen LogP contribution in [0.2, 0.25) is 0 Å². The molecule has 0 saturated carbocycles. The van der Waals surface area contributed by atoms with Gasteiger partial charge in [0.15, 0.2) is 28.2 Å². The van der Waals surface area contributed by atoms with E-state index in [1.807, 2.05) is 0 Å². The molecule has 0 aliphatic rings. The lowest BCUT2D eigenvalue weighted by Gasteiger charge is -2.23. The van der Waals surface area contributed by atoms with E-state index in [0.29, 0.717) is 11.8 Å². The van der Waals surface area contributed by atoms with Gasteiger partial charge in [-0.05, 0) is 60.9 Å². The van der Waals surface area contributed by atoms with Crippen molar-refractivity contribution in [2.24, 2.45) is 0 Å². The molecule has 0 aliphatic heterocycles. The van der Waals surface area contributed by atoms with Gasteiger partial charge in [-0.25, -0.2) is 22.0 Å². The number of hydrogen-bond acceptors (Lipinski definition) is 3. The first-order valence-corrected chi connectivity index (χ1v) is 12.9. The standard InChI is InChI=1S/C21H29N.C6HF5O3S/c1-13(2)18-9-8-10-19(20(18)14(3)4)22-21-16(6)11-15(5)12-17(21)7;7-1-2(8)4(10)6(15(12,13)14)5(11)3(1)9/h8-14,22H,1-7H3;(H,12,13,14). The Labute approximate surface area is 214 Å². The first kappa shape index (κ1) is 30.2. The third kappa shape index (κ3) is 6.67. The second kappa shape index (κ2) is 11.6. The highest BCUT2D eigenvalue weighted by molar-refractivity contribution is 7.85. The van der Waals surface area contributed by atoms with Crippen LogP contribution in [-0.2, 0) is 10.1 Å². The van der Waals surface area contributed by atoms with Gasteiger partial charge in [0.05, 0.1) is 0 Å². The van der Waals surface area contributed by atoms with Crippen LogP contribution >= 0.6 is 0 Å². The topological polar surface area (TPSA) is 66.4 Å². The Bertz CT molecular complexity index is 1370. The van der Waals surface area contributed by atoms with E-state index in [0.717, 1.165) is 0 Å². The maximum Gasteiger partial charge on any atom is 0.300 e. The summed E-state index contributed by atoms with van der Waals surface area (Å²) in [7, 11) is -5.52. The van der Waals surface area contributed by atoms with Gasteiger partial charge in [-0.1, -0.05) is 57.5 Å². The van der Waals surface area contributed by atoms with Gasteiger partial charge >= 0.3 is 10.1 Å². The van der Waals surface area contributed by atoms with Crippen LogP contribution in [0.3, 0.4) is 0 Å². The molecule has 0 bridgehead atoms. The van der Waals surface area contributed by atoms with E-state index in [1.165, 1.54) is 39.2 Å². The van der Waals surface area contributed by atoms with Gasteiger partial charge in [0.1, 0.15) is 0 Å². The monoisotopic (exact) mass is 543 g/mol. The maximum atomic E-state index is 12.6. The fourth-order valence-electron chi connectivity index (χ4n) is 4.16. The van der Waals surface area contributed by atoms with Crippen LogP contribution in [0.4, 0.5) is 33.3 Å². The molecule has 0 heterocycles. The van der Waals surface area contributed by atoms with Crippen molar-refractivity contribution in [1.82, 2.24) is 0 Å². The van der Waals surface area contributed by atoms with Gasteiger partial charge < -0.3 is 5.32 Å². The lowest BCUT2D eigenvalue weighted by Crippen LogP contribution is -2.11. The zero-order chi connectivity index (χ0) is 28.4. The summed E-state index contributed by atoms with van der Waals surface area (Å²) in [4.78, 5) is -2.26. The van der Waals surface area contributed by atoms with Crippen molar-refractivity contribution < 1.29 is 34.9 Å². The third-order valence-electron chi connectivity index (χ3n) is 5.70. The van der Waals surface area contributed by atoms with Crippen molar-refractivity contribution in [2.75, 3.05) is 5.32 Å². The molecule has 10 heteroatoms. The SMILES string of the molecule is Cc1cc(C)c(Nc2cccc(C(C)C)c2C(C)C)c(C)c1.O=S(=O)(O)c1c(F)c(F)c(F)c(F)c1F. The number of anilines is 2. The Morgan fingerprint density at radius 3 is 1.62 bits per heavy atom. The Morgan fingerprint density at radius 2 is 1.22 bits per heavy atom. The Balaban J connectivity index is 0.000000281. The lowest BCUT2D eigenvalue weighted by molar-refractivity contribution is 0.352. The van der Waals surface area contributed by atoms with Crippen molar-refractivity contribution in [1.29, 1.82) is 0 Å². The highest BCUT2D eigenvalue weighted by Crippen LogP contribution is 2.35. The average Bonchev–Trinajstić information content (AvgIpc) is 2.78. The van der Waals surface area contributed by atoms with E-state index < -0.39 is 44.1 Å². The summed E-state index contributed by atoms with van der Waals surface area (Å²) in [5, 5.41) is 3.71. The highest BCUT2D eigenvalue weighted by Gasteiger charge is 2.32. The zero-order valence-corrected chi connectivity index (χ0v) is 22.4. The summed E-state index contributed by atoms with van der Waals surface area (Å²) in [6, 6.07) is 11.1. The van der Waals surface area contributed by atoms with Crippen LogP contribution < -0.4 is 5.32 Å². The molecule has 3 aromatic rings. The van der Waals surface area contributed by atoms with Gasteiger partial charge in [0.2, 0.25) is 5.82 Å². The molecule has 0 spiro atoms. The maximum absolute atomic E-state index is 12.6. The van der Waals surface area contributed by atoms with Crippen LogP contribution in [0, 0.1) is 49.9 Å². The minimum Gasteiger partial charge on any atom is -0.355 e. The second-order valence-corrected chi connectivity index (χ2v) is 10.7. The van der Waals surface area contributed by atoms with E-state index in [2.05, 4.69) is 84.1 Å². The Morgan fingerprint density at radius 1 is 0.757 bits per heavy atom. The molecule has 0 aromatic heterocycles. The van der Waals surface area contributed by atoms with Crippen LogP contribution in [-0.4, -0.2) is 13.0 Å². The molecule has 0 unspecified atom stereocenters. The molecule has 0 radical (unpaired) electrons. The van der Waals surface area contributed by atoms with Crippen molar-refractivity contribution in [2.45, 2.75) is 65.2 Å². The van der Waals surface area contributed by atoms with Crippen LogP contribution in [0.1, 0.15) is 67.3 Å². The molecule has 0 amide bonds. The number of aryl methyl sites for hydroxylation is 3. The number of halogens is 5. The predicted octanol–water partition coefficient (Wildman–Crippen LogP) is 8.23. The van der Waals surface area contributed by atoms with Gasteiger partial charge in [0.25, 0.3) is 0 Å². The number of nitrogens with one attached hydrogen (secondary N) is 1. The zero-order valence-electron chi connectivity index (χ0n) is 21.6. The largest absolute Gasteiger partial charge is 0.355 e. The molecule has 0 atom stereocenters. The summed E-state index contributed by atoms with van der Waals surface area (Å²) in [5.74, 6) is -11.5. The van der Waals surface area contributed by atoms with Gasteiger partial charge in [-0.3, -0.25) is 4.55 Å². The smallest absolute Gasteiger partial charge is 0.300 e. The number of hydrogen-bond donors (Lipinski definition) is 2. The Hall–Kier alpha value is -2.98. The van der Waals surface area contributed by atoms with Crippen molar-refractivity contribution in [3.8, 4) is 0 Å². The van der Waals surface area contributed by atoms with E-state index >= 15 is 0 Å². The van der Waals surface area contributed by atoms with Gasteiger partial charge in [0, 0.05) is 11.4 Å². The second-order valence-electron chi connectivity index (χ2n) is 9.39. The highest BCUT2D eigenvalue weighted by atomic mass is 32.2. The molecule has 37 heavy (non-hydrogen) atoms. The van der Waals surface area contributed by atoms with Gasteiger partial charge in [-0.2, -0.15) is 8.42 Å². The molecule has 0 aliphatic carbocycles. The fourth-order valence-corrected chi connectivity index (χ4v) is 4.80. The summed E-state index contributed by atoms with van der Waals surface area (Å²) in [5.41, 5.74) is 9.31. The van der Waals surface area contributed by atoms with Crippen LogP contribution in [0.25, 0.3) is 0 Å².